The van der Waals surface area contributed by atoms with E-state index in [0.29, 0.717) is 0 Å². The molecule has 0 aromatic heterocycles. The van der Waals surface area contributed by atoms with Gasteiger partial charge in [-0.1, -0.05) is 18.2 Å². The van der Waals surface area contributed by atoms with Gasteiger partial charge < -0.3 is 4.90 Å². The molecule has 2 heteroatoms. The molecule has 1 fully saturated rings. The minimum absolute atomic E-state index is 1.03. The van der Waals surface area contributed by atoms with Crippen molar-refractivity contribution in [1.82, 2.24) is 4.90 Å². The molecule has 0 radical (unpaired) electrons. The Bertz CT molecular complexity index is 250. The molecule has 1 saturated heterocycles. The summed E-state index contributed by atoms with van der Waals surface area (Å²) in [5, 5.41) is 0. The van der Waals surface area contributed by atoms with Crippen molar-refractivity contribution >= 4 is 12.0 Å². The SMILES string of the molecule is C(=Nc1ccccc1)N1CC1. The number of aliphatic imine (C=N–C) groups is 1. The first kappa shape index (κ1) is 6.40. The number of para-hydroxylation sites is 1. The second-order valence-corrected chi connectivity index (χ2v) is 2.62. The standard InChI is InChI=1S/C9H10N2/c1-2-4-9(5-3-1)10-8-11-6-7-11/h1-5,8H,6-7H2. The van der Waals surface area contributed by atoms with Crippen LogP contribution in [0.1, 0.15) is 0 Å². The fourth-order valence-corrected chi connectivity index (χ4v) is 0.836. The van der Waals surface area contributed by atoms with Crippen LogP contribution in [0.3, 0.4) is 0 Å². The normalized spacial score (nSPS) is 15.8. The Kier molecular flexibility index (Phi) is 1.60. The molecule has 11 heavy (non-hydrogen) atoms. The molecule has 2 nitrogen and oxygen atoms in total. The van der Waals surface area contributed by atoms with Crippen molar-refractivity contribution in [1.29, 1.82) is 0 Å². The molecule has 0 unspecified atom stereocenters. The van der Waals surface area contributed by atoms with Gasteiger partial charge in [-0.2, -0.15) is 0 Å². The van der Waals surface area contributed by atoms with Gasteiger partial charge in [-0.25, -0.2) is 4.99 Å². The van der Waals surface area contributed by atoms with Crippen LogP contribution in [0.15, 0.2) is 35.3 Å². The molecule has 0 bridgehead atoms. The third kappa shape index (κ3) is 1.80. The van der Waals surface area contributed by atoms with Gasteiger partial charge >= 0.3 is 0 Å². The minimum atomic E-state index is 1.03. The second-order valence-electron chi connectivity index (χ2n) is 2.62. The van der Waals surface area contributed by atoms with Gasteiger partial charge in [-0.3, -0.25) is 0 Å². The van der Waals surface area contributed by atoms with Gasteiger partial charge in [0.2, 0.25) is 0 Å². The average molecular weight is 146 g/mol. The predicted molar refractivity (Wildman–Crippen MR) is 46.2 cm³/mol. The molecule has 0 N–H and O–H groups in total. The number of hydrogen-bond acceptors (Lipinski definition) is 1. The lowest BCUT2D eigenvalue weighted by Gasteiger charge is -1.91. The van der Waals surface area contributed by atoms with E-state index in [4.69, 9.17) is 0 Å². The first-order chi connectivity index (χ1) is 5.45. The van der Waals surface area contributed by atoms with Crippen molar-refractivity contribution in [2.75, 3.05) is 13.1 Å². The zero-order valence-corrected chi connectivity index (χ0v) is 6.27. The molecule has 1 aromatic carbocycles. The van der Waals surface area contributed by atoms with Gasteiger partial charge in [-0.15, -0.1) is 0 Å². The first-order valence-electron chi connectivity index (χ1n) is 3.78. The summed E-state index contributed by atoms with van der Waals surface area (Å²) in [4.78, 5) is 6.43. The van der Waals surface area contributed by atoms with Crippen LogP contribution in [0.4, 0.5) is 5.69 Å². The maximum Gasteiger partial charge on any atom is 0.0913 e. The van der Waals surface area contributed by atoms with Crippen molar-refractivity contribution in [2.45, 2.75) is 0 Å². The first-order valence-corrected chi connectivity index (χ1v) is 3.78. The molecule has 1 heterocycles. The minimum Gasteiger partial charge on any atom is -0.359 e. The predicted octanol–water partition coefficient (Wildman–Crippen LogP) is 1.66. The van der Waals surface area contributed by atoms with E-state index in [2.05, 4.69) is 9.89 Å². The van der Waals surface area contributed by atoms with Gasteiger partial charge in [0.05, 0.1) is 12.0 Å². The maximum atomic E-state index is 4.27. The lowest BCUT2D eigenvalue weighted by atomic mass is 10.3. The number of rotatable bonds is 2. The molecule has 1 aliphatic rings. The van der Waals surface area contributed by atoms with E-state index >= 15 is 0 Å². The van der Waals surface area contributed by atoms with E-state index in [0.717, 1.165) is 18.8 Å². The van der Waals surface area contributed by atoms with Crippen LogP contribution in [0.2, 0.25) is 0 Å². The number of nitrogens with zero attached hydrogens (tertiary/aromatic N) is 2. The summed E-state index contributed by atoms with van der Waals surface area (Å²) in [6, 6.07) is 9.99. The van der Waals surface area contributed by atoms with Crippen LogP contribution >= 0.6 is 0 Å². The highest BCUT2D eigenvalue weighted by Crippen LogP contribution is 2.10. The Labute approximate surface area is 66.2 Å². The molecule has 0 spiro atoms. The third-order valence-electron chi connectivity index (χ3n) is 1.61. The molecule has 1 aromatic rings. The lowest BCUT2D eigenvalue weighted by molar-refractivity contribution is 0.875. The fourth-order valence-electron chi connectivity index (χ4n) is 0.836. The van der Waals surface area contributed by atoms with Crippen molar-refractivity contribution < 1.29 is 0 Å². The zero-order chi connectivity index (χ0) is 7.52. The van der Waals surface area contributed by atoms with Crippen LogP contribution in [0.5, 0.6) is 0 Å². The smallest absolute Gasteiger partial charge is 0.0913 e. The van der Waals surface area contributed by atoms with Gasteiger partial charge in [0, 0.05) is 13.1 Å². The Morgan fingerprint density at radius 3 is 2.55 bits per heavy atom. The van der Waals surface area contributed by atoms with Crippen molar-refractivity contribution in [2.24, 2.45) is 4.99 Å². The second kappa shape index (κ2) is 2.74. The molecule has 0 amide bonds. The van der Waals surface area contributed by atoms with E-state index in [9.17, 15) is 0 Å². The summed E-state index contributed by atoms with van der Waals surface area (Å²) in [5.74, 6) is 0. The van der Waals surface area contributed by atoms with Crippen molar-refractivity contribution in [3.05, 3.63) is 30.3 Å². The van der Waals surface area contributed by atoms with Crippen LogP contribution in [0, 0.1) is 0 Å². The van der Waals surface area contributed by atoms with Gasteiger partial charge in [0.25, 0.3) is 0 Å². The summed E-state index contributed by atoms with van der Waals surface area (Å²) in [6.45, 7) is 2.33. The Hall–Kier alpha value is -1.31. The Morgan fingerprint density at radius 2 is 1.91 bits per heavy atom. The van der Waals surface area contributed by atoms with Gasteiger partial charge in [0.1, 0.15) is 0 Å². The van der Waals surface area contributed by atoms with Crippen molar-refractivity contribution in [3.63, 3.8) is 0 Å². The number of hydrogen-bond donors (Lipinski definition) is 0. The van der Waals surface area contributed by atoms with Crippen LogP contribution in [-0.2, 0) is 0 Å². The molecule has 0 saturated carbocycles. The molecular weight excluding hydrogens is 136 g/mol. The lowest BCUT2D eigenvalue weighted by Crippen LogP contribution is -1.88. The highest BCUT2D eigenvalue weighted by Gasteiger charge is 2.11. The topological polar surface area (TPSA) is 15.4 Å². The Morgan fingerprint density at radius 1 is 1.18 bits per heavy atom. The fraction of sp³-hybridized carbons (Fsp3) is 0.222. The zero-order valence-electron chi connectivity index (χ0n) is 6.27. The quantitative estimate of drug-likeness (QED) is 0.352. The third-order valence-corrected chi connectivity index (χ3v) is 1.61. The summed E-state index contributed by atoms with van der Waals surface area (Å²) >= 11 is 0. The average Bonchev–Trinajstić information content (AvgIpc) is 2.86. The highest BCUT2D eigenvalue weighted by molar-refractivity contribution is 5.63. The van der Waals surface area contributed by atoms with E-state index in [1.54, 1.807) is 0 Å². The molecule has 1 aliphatic heterocycles. The summed E-state index contributed by atoms with van der Waals surface area (Å²) < 4.78 is 0. The van der Waals surface area contributed by atoms with Gasteiger partial charge in [0.15, 0.2) is 0 Å². The van der Waals surface area contributed by atoms with Gasteiger partial charge in [-0.05, 0) is 12.1 Å². The van der Waals surface area contributed by atoms with Crippen LogP contribution < -0.4 is 0 Å². The molecule has 2 rings (SSSR count). The van der Waals surface area contributed by atoms with Crippen molar-refractivity contribution in [3.8, 4) is 0 Å². The van der Waals surface area contributed by atoms with Crippen LogP contribution in [-0.4, -0.2) is 24.3 Å². The Balaban J connectivity index is 2.05. The summed E-state index contributed by atoms with van der Waals surface area (Å²) in [6.07, 6.45) is 1.90. The molecule has 0 aliphatic carbocycles. The highest BCUT2D eigenvalue weighted by atomic mass is 15.3. The largest absolute Gasteiger partial charge is 0.359 e. The summed E-state index contributed by atoms with van der Waals surface area (Å²) in [5.41, 5.74) is 1.03. The molecular formula is C9H10N2. The van der Waals surface area contributed by atoms with E-state index < -0.39 is 0 Å². The molecule has 0 atom stereocenters. The summed E-state index contributed by atoms with van der Waals surface area (Å²) in [7, 11) is 0. The monoisotopic (exact) mass is 146 g/mol. The maximum absolute atomic E-state index is 4.27. The molecule has 56 valence electrons. The van der Waals surface area contributed by atoms with E-state index in [1.807, 2.05) is 36.7 Å². The number of benzene rings is 1. The van der Waals surface area contributed by atoms with Crippen LogP contribution in [0.25, 0.3) is 0 Å². The van der Waals surface area contributed by atoms with E-state index in [1.165, 1.54) is 0 Å². The van der Waals surface area contributed by atoms with E-state index in [-0.39, 0.29) is 0 Å².